The zero-order valence-electron chi connectivity index (χ0n) is 28.3. The van der Waals surface area contributed by atoms with Crippen LogP contribution in [0.2, 0.25) is 0 Å². The van der Waals surface area contributed by atoms with Crippen LogP contribution in [0.25, 0.3) is 6.08 Å². The van der Waals surface area contributed by atoms with Gasteiger partial charge in [-0.1, -0.05) is 62.9 Å². The normalized spacial score (nSPS) is 28.4. The molecule has 3 N–H and O–H groups in total. The van der Waals surface area contributed by atoms with Crippen molar-refractivity contribution in [1.82, 2.24) is 20.3 Å². The second-order valence-electron chi connectivity index (χ2n) is 13.4. The molecule has 15 heteroatoms. The van der Waals surface area contributed by atoms with Crippen LogP contribution in [0.3, 0.4) is 0 Å². The number of carbonyl (C=O) groups is 5. The average molecular weight is 712 g/mol. The lowest BCUT2D eigenvalue weighted by molar-refractivity contribution is -0.141. The second-order valence-corrected chi connectivity index (χ2v) is 15.4. The third-order valence-electron chi connectivity index (χ3n) is 9.44. The van der Waals surface area contributed by atoms with E-state index in [2.05, 4.69) is 28.5 Å². The predicted molar refractivity (Wildman–Crippen MR) is 185 cm³/mol. The van der Waals surface area contributed by atoms with Crippen molar-refractivity contribution in [1.29, 1.82) is 0 Å². The van der Waals surface area contributed by atoms with Gasteiger partial charge in [0.05, 0.1) is 24.1 Å². The van der Waals surface area contributed by atoms with E-state index in [4.69, 9.17) is 9.47 Å². The summed E-state index contributed by atoms with van der Waals surface area (Å²) < 4.78 is 38.6. The molecule has 2 saturated carbocycles. The fraction of sp³-hybridized carbons (Fsp3) is 0.514. The SMILES string of the molecule is C=Cc1ccccc1N1C/C=C/CCCOC(=O)N[C@@H](C(C)C)C(=O)N2C[C@@H](C[C@H]2C(=O)N[C@]2(C(=O)NS(=O)(=O)C3CC3)C[C@H]2C=C)OC1=O. The zero-order chi connectivity index (χ0) is 36.2. The molecule has 50 heavy (non-hydrogen) atoms. The average Bonchev–Trinajstić information content (AvgIpc) is 4.01. The highest BCUT2D eigenvalue weighted by atomic mass is 32.2. The number of alkyl carbamates (subject to hydrolysis) is 1. The maximum atomic E-state index is 14.1. The van der Waals surface area contributed by atoms with Gasteiger partial charge < -0.3 is 25.0 Å². The van der Waals surface area contributed by atoms with Gasteiger partial charge in [-0.3, -0.25) is 24.0 Å². The number of hydrogen-bond acceptors (Lipinski definition) is 9. The van der Waals surface area contributed by atoms with Gasteiger partial charge in [0.2, 0.25) is 21.8 Å². The number of amides is 5. The van der Waals surface area contributed by atoms with E-state index in [0.29, 0.717) is 36.9 Å². The van der Waals surface area contributed by atoms with E-state index in [1.54, 1.807) is 38.1 Å². The highest BCUT2D eigenvalue weighted by molar-refractivity contribution is 7.91. The summed E-state index contributed by atoms with van der Waals surface area (Å²) in [6.07, 6.45) is 6.24. The maximum absolute atomic E-state index is 14.1. The molecule has 5 atom stereocenters. The first-order chi connectivity index (χ1) is 23.8. The number of para-hydroxylation sites is 1. The summed E-state index contributed by atoms with van der Waals surface area (Å²) in [5, 5.41) is 4.67. The van der Waals surface area contributed by atoms with E-state index in [-0.39, 0.29) is 32.5 Å². The summed E-state index contributed by atoms with van der Waals surface area (Å²) in [5.74, 6) is -3.20. The molecule has 2 heterocycles. The number of benzene rings is 1. The number of carbonyl (C=O) groups excluding carboxylic acids is 5. The van der Waals surface area contributed by atoms with Crippen molar-refractivity contribution < 1.29 is 41.9 Å². The van der Waals surface area contributed by atoms with E-state index in [1.807, 2.05) is 18.2 Å². The van der Waals surface area contributed by atoms with Crippen molar-refractivity contribution in [2.45, 2.75) is 81.3 Å². The highest BCUT2D eigenvalue weighted by Gasteiger charge is 2.62. The van der Waals surface area contributed by atoms with Crippen LogP contribution < -0.4 is 20.3 Å². The maximum Gasteiger partial charge on any atom is 0.414 e. The molecule has 0 spiro atoms. The van der Waals surface area contributed by atoms with Gasteiger partial charge in [0.25, 0.3) is 5.91 Å². The molecule has 5 amide bonds. The Morgan fingerprint density at radius 1 is 1.12 bits per heavy atom. The molecule has 1 aromatic carbocycles. The molecule has 5 rings (SSSR count). The Bertz CT molecular complexity index is 1670. The number of rotatable bonds is 9. The number of allylic oxidation sites excluding steroid dienone is 1. The van der Waals surface area contributed by atoms with E-state index in [1.165, 1.54) is 15.9 Å². The standard InChI is InChI=1S/C35H45N5O9S/c1-5-23-13-9-10-14-27(23)39-17-11-7-8-12-18-48-33(44)36-29(22(3)4)31(42)40-21-25(49-34(39)45)19-28(40)30(41)37-35(20-24(35)6-2)32(43)38-50(46,47)26-15-16-26/h5-7,9-11,13-14,22,24-26,28-29H,1-2,8,12,15-21H2,3-4H3,(H,36,44)(H,37,41)(H,38,43)/b11-7+/t24-,25-,28+,29+,35-/m1/s1. The Morgan fingerprint density at radius 3 is 2.52 bits per heavy atom. The molecule has 0 radical (unpaired) electrons. The van der Waals surface area contributed by atoms with Gasteiger partial charge in [0, 0.05) is 18.9 Å². The van der Waals surface area contributed by atoms with Crippen LogP contribution in [0.15, 0.2) is 55.7 Å². The molecule has 14 nitrogen and oxygen atoms in total. The first-order valence-electron chi connectivity index (χ1n) is 16.9. The van der Waals surface area contributed by atoms with E-state index in [9.17, 15) is 32.4 Å². The quantitative estimate of drug-likeness (QED) is 0.325. The highest BCUT2D eigenvalue weighted by Crippen LogP contribution is 2.45. The van der Waals surface area contributed by atoms with Crippen molar-refractivity contribution in [2.75, 3.05) is 24.6 Å². The molecule has 0 unspecified atom stereocenters. The summed E-state index contributed by atoms with van der Waals surface area (Å²) >= 11 is 0. The summed E-state index contributed by atoms with van der Waals surface area (Å²) in [6, 6.07) is 4.83. The minimum atomic E-state index is -3.91. The summed E-state index contributed by atoms with van der Waals surface area (Å²) in [6.45, 7) is 11.1. The van der Waals surface area contributed by atoms with Gasteiger partial charge in [-0.15, -0.1) is 6.58 Å². The van der Waals surface area contributed by atoms with Crippen molar-refractivity contribution in [3.8, 4) is 0 Å². The van der Waals surface area contributed by atoms with Crippen LogP contribution in [-0.4, -0.2) is 91.9 Å². The number of cyclic esters (lactones) is 1. The summed E-state index contributed by atoms with van der Waals surface area (Å²) in [7, 11) is -3.91. The van der Waals surface area contributed by atoms with Gasteiger partial charge in [-0.25, -0.2) is 18.0 Å². The number of fused-ring (bicyclic) bond motifs is 2. The third kappa shape index (κ3) is 8.03. The summed E-state index contributed by atoms with van der Waals surface area (Å²) in [4.78, 5) is 70.8. The molecule has 2 aliphatic carbocycles. The van der Waals surface area contributed by atoms with Gasteiger partial charge in [-0.2, -0.15) is 0 Å². The largest absolute Gasteiger partial charge is 0.450 e. The Balaban J connectivity index is 1.45. The van der Waals surface area contributed by atoms with Gasteiger partial charge >= 0.3 is 12.2 Å². The number of anilines is 1. The van der Waals surface area contributed by atoms with Gasteiger partial charge in [0.15, 0.2) is 0 Å². The monoisotopic (exact) mass is 711 g/mol. The van der Waals surface area contributed by atoms with Crippen molar-refractivity contribution in [3.05, 3.63) is 61.2 Å². The van der Waals surface area contributed by atoms with Crippen molar-refractivity contribution >= 4 is 51.7 Å². The summed E-state index contributed by atoms with van der Waals surface area (Å²) in [5.41, 5.74) is -0.350. The molecular formula is C35H45N5O9S. The topological polar surface area (TPSA) is 181 Å². The first kappa shape index (κ1) is 36.6. The number of nitrogens with one attached hydrogen (secondary N) is 3. The molecule has 3 fully saturated rings. The molecule has 1 saturated heterocycles. The van der Waals surface area contributed by atoms with E-state index >= 15 is 0 Å². The Hall–Kier alpha value is -4.66. The Labute approximate surface area is 292 Å². The number of ether oxygens (including phenoxy) is 2. The van der Waals surface area contributed by atoms with E-state index < -0.39 is 80.7 Å². The molecule has 4 aliphatic rings. The van der Waals surface area contributed by atoms with Crippen LogP contribution in [0.4, 0.5) is 15.3 Å². The fourth-order valence-electron chi connectivity index (χ4n) is 6.30. The van der Waals surface area contributed by atoms with Crippen LogP contribution in [-0.2, 0) is 33.9 Å². The molecule has 2 bridgehead atoms. The minimum absolute atomic E-state index is 0.0855. The minimum Gasteiger partial charge on any atom is -0.450 e. The van der Waals surface area contributed by atoms with Crippen molar-refractivity contribution in [2.24, 2.45) is 11.8 Å². The Morgan fingerprint density at radius 2 is 1.86 bits per heavy atom. The number of hydrogen-bond donors (Lipinski definition) is 3. The lowest BCUT2D eigenvalue weighted by Crippen LogP contribution is -2.59. The second kappa shape index (κ2) is 15.1. The van der Waals surface area contributed by atoms with Crippen LogP contribution in [0, 0.1) is 11.8 Å². The lowest BCUT2D eigenvalue weighted by Gasteiger charge is -2.31. The molecular weight excluding hydrogens is 666 g/mol. The van der Waals surface area contributed by atoms with Crippen LogP contribution in [0.1, 0.15) is 57.9 Å². The molecule has 1 aromatic rings. The smallest absolute Gasteiger partial charge is 0.414 e. The Kier molecular flexibility index (Phi) is 11.0. The fourth-order valence-corrected chi connectivity index (χ4v) is 7.67. The molecule has 270 valence electrons. The van der Waals surface area contributed by atoms with E-state index in [0.717, 1.165) is 0 Å². The third-order valence-corrected chi connectivity index (χ3v) is 11.3. The first-order valence-corrected chi connectivity index (χ1v) is 18.4. The van der Waals surface area contributed by atoms with Crippen LogP contribution >= 0.6 is 0 Å². The lowest BCUT2D eigenvalue weighted by atomic mass is 10.0. The molecule has 0 aromatic heterocycles. The van der Waals surface area contributed by atoms with Crippen LogP contribution in [0.5, 0.6) is 0 Å². The van der Waals surface area contributed by atoms with Gasteiger partial charge in [-0.05, 0) is 49.7 Å². The predicted octanol–water partition coefficient (Wildman–Crippen LogP) is 3.01. The zero-order valence-corrected chi connectivity index (χ0v) is 29.2. The number of sulfonamides is 1. The van der Waals surface area contributed by atoms with Crippen molar-refractivity contribution in [3.63, 3.8) is 0 Å². The molecule has 2 aliphatic heterocycles. The van der Waals surface area contributed by atoms with Gasteiger partial charge in [0.1, 0.15) is 23.7 Å². The number of nitrogens with zero attached hydrogens (tertiary/aromatic N) is 2.